The van der Waals surface area contributed by atoms with E-state index in [-0.39, 0.29) is 35.7 Å². The Balaban J connectivity index is 1.95. The van der Waals surface area contributed by atoms with Crippen molar-refractivity contribution in [3.05, 3.63) is 32.2 Å². The average Bonchev–Trinajstić information content (AvgIpc) is 3.40. The lowest BCUT2D eigenvalue weighted by molar-refractivity contribution is 0.0306. The standard InChI is InChI=1S/C18H22F2N4O4/c1-7-15-12(17(27)22-18(28)24(15)8-2-3-8)14(21)13(20)16(7)23-4-9(10(19)5-23)11(26)6-25/h8-11,25-26H,2-6,21H2,1H3,(H,22,27,28). The maximum Gasteiger partial charge on any atom is 0.329 e. The van der Waals surface area contributed by atoms with Crippen LogP contribution >= 0.6 is 0 Å². The minimum absolute atomic E-state index is 0.0136. The summed E-state index contributed by atoms with van der Waals surface area (Å²) in [4.78, 5) is 28.3. The number of hydrogen-bond acceptors (Lipinski definition) is 6. The monoisotopic (exact) mass is 396 g/mol. The normalized spacial score (nSPS) is 23.5. The molecule has 0 bridgehead atoms. The molecule has 5 N–H and O–H groups in total. The van der Waals surface area contributed by atoms with Gasteiger partial charge in [-0.15, -0.1) is 0 Å². The van der Waals surface area contributed by atoms with Crippen LogP contribution in [0.25, 0.3) is 10.9 Å². The quantitative estimate of drug-likeness (QED) is 0.547. The first kappa shape index (κ1) is 18.9. The third-order valence-corrected chi connectivity index (χ3v) is 5.77. The number of benzene rings is 1. The largest absolute Gasteiger partial charge is 0.396 e. The number of aliphatic hydroxyl groups is 2. The third-order valence-electron chi connectivity index (χ3n) is 5.77. The fraction of sp³-hybridized carbons (Fsp3) is 0.556. The molecule has 4 rings (SSSR count). The number of alkyl halides is 1. The van der Waals surface area contributed by atoms with Gasteiger partial charge in [-0.2, -0.15) is 0 Å². The summed E-state index contributed by atoms with van der Waals surface area (Å²) in [6, 6.07) is -0.0975. The van der Waals surface area contributed by atoms with Crippen molar-refractivity contribution < 1.29 is 19.0 Å². The maximum absolute atomic E-state index is 15.2. The van der Waals surface area contributed by atoms with E-state index < -0.39 is 47.6 Å². The van der Waals surface area contributed by atoms with Gasteiger partial charge in [-0.05, 0) is 19.8 Å². The van der Waals surface area contributed by atoms with Crippen LogP contribution in [0.3, 0.4) is 0 Å². The first-order chi connectivity index (χ1) is 13.3. The molecule has 0 radical (unpaired) electrons. The summed E-state index contributed by atoms with van der Waals surface area (Å²) in [5, 5.41) is 18.9. The number of fused-ring (bicyclic) bond motifs is 1. The number of nitrogens with zero attached hydrogens (tertiary/aromatic N) is 2. The number of H-pyrrole nitrogens is 1. The van der Waals surface area contributed by atoms with E-state index in [1.165, 1.54) is 9.47 Å². The van der Waals surface area contributed by atoms with Gasteiger partial charge in [0.2, 0.25) is 0 Å². The minimum Gasteiger partial charge on any atom is -0.396 e. The van der Waals surface area contributed by atoms with E-state index in [2.05, 4.69) is 4.98 Å². The Bertz CT molecular complexity index is 1060. The van der Waals surface area contributed by atoms with E-state index in [0.29, 0.717) is 5.56 Å². The predicted octanol–water partition coefficient (Wildman–Crippen LogP) is 0.182. The van der Waals surface area contributed by atoms with Crippen LogP contribution in [0, 0.1) is 18.7 Å². The number of aryl methyl sites for hydroxylation is 1. The van der Waals surface area contributed by atoms with E-state index in [4.69, 9.17) is 10.8 Å². The fourth-order valence-corrected chi connectivity index (χ4v) is 4.21. The van der Waals surface area contributed by atoms with Gasteiger partial charge >= 0.3 is 5.69 Å². The van der Waals surface area contributed by atoms with E-state index >= 15 is 4.39 Å². The molecule has 28 heavy (non-hydrogen) atoms. The second-order valence-electron chi connectivity index (χ2n) is 7.62. The molecule has 2 aliphatic rings. The van der Waals surface area contributed by atoms with Gasteiger partial charge in [0.25, 0.3) is 5.56 Å². The predicted molar refractivity (Wildman–Crippen MR) is 99.9 cm³/mol. The number of anilines is 2. The van der Waals surface area contributed by atoms with Crippen molar-refractivity contribution in [1.82, 2.24) is 9.55 Å². The van der Waals surface area contributed by atoms with Gasteiger partial charge in [-0.1, -0.05) is 0 Å². The van der Waals surface area contributed by atoms with Crippen LogP contribution in [-0.4, -0.2) is 51.7 Å². The number of aliphatic hydroxyl groups excluding tert-OH is 2. The highest BCUT2D eigenvalue weighted by atomic mass is 19.1. The Morgan fingerprint density at radius 3 is 2.61 bits per heavy atom. The molecule has 2 fully saturated rings. The SMILES string of the molecule is Cc1c(N2CC(F)C(C(O)CO)C2)c(F)c(N)c2c(=O)[nH]c(=O)n(C3CC3)c12. The number of nitrogens with two attached hydrogens (primary N) is 1. The smallest absolute Gasteiger partial charge is 0.329 e. The molecule has 1 saturated heterocycles. The van der Waals surface area contributed by atoms with Crippen molar-refractivity contribution >= 4 is 22.3 Å². The molecule has 10 heteroatoms. The molecule has 1 aromatic heterocycles. The van der Waals surface area contributed by atoms with Crippen molar-refractivity contribution in [3.63, 3.8) is 0 Å². The van der Waals surface area contributed by atoms with Crippen LogP contribution in [0.2, 0.25) is 0 Å². The lowest BCUT2D eigenvalue weighted by Gasteiger charge is -2.25. The molecular formula is C18H22F2N4O4. The summed E-state index contributed by atoms with van der Waals surface area (Å²) in [6.45, 7) is 0.752. The molecule has 1 aliphatic heterocycles. The Morgan fingerprint density at radius 2 is 2.00 bits per heavy atom. The highest BCUT2D eigenvalue weighted by Gasteiger charge is 2.40. The van der Waals surface area contributed by atoms with Crippen molar-refractivity contribution in [2.45, 2.75) is 38.1 Å². The summed E-state index contributed by atoms with van der Waals surface area (Å²) < 4.78 is 31.0. The van der Waals surface area contributed by atoms with Crippen LogP contribution in [0.1, 0.15) is 24.4 Å². The molecule has 1 aliphatic carbocycles. The third kappa shape index (κ3) is 2.70. The Morgan fingerprint density at radius 1 is 1.32 bits per heavy atom. The van der Waals surface area contributed by atoms with Gasteiger partial charge in [-0.25, -0.2) is 13.6 Å². The highest BCUT2D eigenvalue weighted by molar-refractivity contribution is 5.97. The molecular weight excluding hydrogens is 374 g/mol. The maximum atomic E-state index is 15.2. The first-order valence-electron chi connectivity index (χ1n) is 9.20. The van der Waals surface area contributed by atoms with E-state index in [0.717, 1.165) is 12.8 Å². The molecule has 0 amide bonds. The first-order valence-corrected chi connectivity index (χ1v) is 9.20. The molecule has 2 aromatic rings. The summed E-state index contributed by atoms with van der Waals surface area (Å²) in [5.74, 6) is -1.74. The summed E-state index contributed by atoms with van der Waals surface area (Å²) in [6.07, 6.45) is -1.22. The van der Waals surface area contributed by atoms with Crippen molar-refractivity contribution in [2.24, 2.45) is 5.92 Å². The summed E-state index contributed by atoms with van der Waals surface area (Å²) in [7, 11) is 0. The van der Waals surface area contributed by atoms with Crippen molar-refractivity contribution in [1.29, 1.82) is 0 Å². The lowest BCUT2D eigenvalue weighted by Crippen LogP contribution is -2.33. The Kier molecular flexibility index (Phi) is 4.42. The molecule has 1 saturated carbocycles. The average molecular weight is 396 g/mol. The summed E-state index contributed by atoms with van der Waals surface area (Å²) in [5.41, 5.74) is 4.78. The highest BCUT2D eigenvalue weighted by Crippen LogP contribution is 2.41. The molecule has 1 aromatic carbocycles. The van der Waals surface area contributed by atoms with Crippen LogP contribution < -0.4 is 21.9 Å². The van der Waals surface area contributed by atoms with Gasteiger partial charge < -0.3 is 20.8 Å². The van der Waals surface area contributed by atoms with Crippen molar-refractivity contribution in [3.8, 4) is 0 Å². The van der Waals surface area contributed by atoms with E-state index in [1.54, 1.807) is 6.92 Å². The van der Waals surface area contributed by atoms with Gasteiger partial charge in [0.15, 0.2) is 5.82 Å². The number of hydrogen-bond donors (Lipinski definition) is 4. The van der Waals surface area contributed by atoms with E-state index in [1.807, 2.05) is 0 Å². The topological polar surface area (TPSA) is 125 Å². The second kappa shape index (κ2) is 6.56. The molecule has 8 nitrogen and oxygen atoms in total. The zero-order valence-corrected chi connectivity index (χ0v) is 15.3. The lowest BCUT2D eigenvalue weighted by atomic mass is 10.0. The Hall–Kier alpha value is -2.46. The Labute approximate surface area is 158 Å². The zero-order valence-electron chi connectivity index (χ0n) is 15.3. The van der Waals surface area contributed by atoms with Gasteiger partial charge in [0.05, 0.1) is 35.0 Å². The second-order valence-corrected chi connectivity index (χ2v) is 7.62. The van der Waals surface area contributed by atoms with Crippen LogP contribution in [-0.2, 0) is 0 Å². The molecule has 0 spiro atoms. The van der Waals surface area contributed by atoms with Gasteiger partial charge in [0, 0.05) is 30.6 Å². The number of aromatic amines is 1. The molecule has 3 atom stereocenters. The summed E-state index contributed by atoms with van der Waals surface area (Å²) >= 11 is 0. The van der Waals surface area contributed by atoms with E-state index in [9.17, 15) is 19.1 Å². The van der Waals surface area contributed by atoms with Gasteiger partial charge in [0.1, 0.15) is 6.17 Å². The minimum atomic E-state index is -1.47. The molecule has 152 valence electrons. The number of nitrogens with one attached hydrogen (secondary N) is 1. The van der Waals surface area contributed by atoms with Crippen LogP contribution in [0.15, 0.2) is 9.59 Å². The molecule has 3 unspecified atom stereocenters. The van der Waals surface area contributed by atoms with Gasteiger partial charge in [-0.3, -0.25) is 14.3 Å². The number of aromatic nitrogens is 2. The number of nitrogen functional groups attached to an aromatic ring is 1. The van der Waals surface area contributed by atoms with Crippen LogP contribution in [0.4, 0.5) is 20.2 Å². The number of halogens is 2. The van der Waals surface area contributed by atoms with Crippen LogP contribution in [0.5, 0.6) is 0 Å². The zero-order chi connectivity index (χ0) is 20.3. The molecule has 2 heterocycles. The van der Waals surface area contributed by atoms with Crippen molar-refractivity contribution in [2.75, 3.05) is 30.3 Å². The fourth-order valence-electron chi connectivity index (χ4n) is 4.21. The number of rotatable bonds is 4.